The molecule has 0 unspecified atom stereocenters. The second kappa shape index (κ2) is 13.0. The zero-order chi connectivity index (χ0) is 34.1. The van der Waals surface area contributed by atoms with Crippen LogP contribution in [0.4, 0.5) is 27.6 Å². The van der Waals surface area contributed by atoms with Crippen LogP contribution in [0, 0.1) is 18.7 Å². The molecule has 244 valence electrons. The number of nitrogens with zero attached hydrogens (tertiary/aromatic N) is 2. The minimum Gasteiger partial charge on any atom is -0.455 e. The third-order valence-corrected chi connectivity index (χ3v) is 13.5. The molecule has 0 radical (unpaired) electrons. The number of alkyl halides is 3. The van der Waals surface area contributed by atoms with Gasteiger partial charge in [-0.05, 0) is 74.4 Å². The summed E-state index contributed by atoms with van der Waals surface area (Å²) in [5.74, 6) is -5.56. The van der Waals surface area contributed by atoms with Gasteiger partial charge in [-0.15, -0.1) is 0 Å². The Kier molecular flexibility index (Phi) is 10.3. The molecule has 0 aliphatic carbocycles. The highest BCUT2D eigenvalue weighted by atomic mass is 32.2. The van der Waals surface area contributed by atoms with E-state index >= 15 is 4.39 Å². The van der Waals surface area contributed by atoms with Gasteiger partial charge in [0.05, 0.1) is 21.0 Å². The number of benzene rings is 2. The summed E-state index contributed by atoms with van der Waals surface area (Å²) in [6, 6.07) is 8.50. The Hall–Kier alpha value is -3.69. The van der Waals surface area contributed by atoms with E-state index in [4.69, 9.17) is 9.16 Å². The van der Waals surface area contributed by atoms with Crippen LogP contribution in [0.2, 0.25) is 18.1 Å². The fraction of sp³-hybridized carbons (Fsp3) is 0.367. The minimum atomic E-state index is -5.14. The van der Waals surface area contributed by atoms with Crippen molar-refractivity contribution in [3.05, 3.63) is 77.1 Å². The summed E-state index contributed by atoms with van der Waals surface area (Å²) in [7, 11) is -5.74. The third-order valence-electron chi connectivity index (χ3n) is 7.28. The summed E-state index contributed by atoms with van der Waals surface area (Å²) in [5.41, 5.74) is -2.89. The summed E-state index contributed by atoms with van der Waals surface area (Å²) in [4.78, 5) is 29.7. The SMILES string of the molecule is Cc1nc(F)ccc1Oc1ccc(C(F)(F)F)c(F)c1C(=O)Nc1cccc([S@@](C)(=O)=NC(=O)[C@@H](C)O[Si](C)(C)C(C)(C)C)c1. The number of aryl methyl sites for hydroxylation is 1. The summed E-state index contributed by atoms with van der Waals surface area (Å²) in [6.07, 6.45) is -4.91. The van der Waals surface area contributed by atoms with Crippen LogP contribution in [0.3, 0.4) is 0 Å². The summed E-state index contributed by atoms with van der Waals surface area (Å²) >= 11 is 0. The van der Waals surface area contributed by atoms with Crippen molar-refractivity contribution < 1.29 is 44.9 Å². The first-order chi connectivity index (χ1) is 20.5. The molecule has 45 heavy (non-hydrogen) atoms. The molecule has 1 heterocycles. The number of halogens is 5. The summed E-state index contributed by atoms with van der Waals surface area (Å²) in [5, 5.41) is 2.10. The maximum Gasteiger partial charge on any atom is 0.419 e. The smallest absolute Gasteiger partial charge is 0.419 e. The fourth-order valence-corrected chi connectivity index (χ4v) is 6.40. The second-order valence-electron chi connectivity index (χ2n) is 11.9. The largest absolute Gasteiger partial charge is 0.455 e. The molecule has 1 aromatic heterocycles. The molecule has 2 atom stereocenters. The van der Waals surface area contributed by atoms with E-state index in [1.54, 1.807) is 0 Å². The number of carbonyl (C=O) groups excluding carboxylic acids is 2. The van der Waals surface area contributed by atoms with Crippen molar-refractivity contribution in [3.63, 3.8) is 0 Å². The van der Waals surface area contributed by atoms with Crippen LogP contribution in [0.15, 0.2) is 57.8 Å². The van der Waals surface area contributed by atoms with Crippen LogP contribution in [-0.4, -0.2) is 41.7 Å². The summed E-state index contributed by atoms with van der Waals surface area (Å²) < 4.78 is 98.3. The lowest BCUT2D eigenvalue weighted by Crippen LogP contribution is -2.45. The highest BCUT2D eigenvalue weighted by Crippen LogP contribution is 2.39. The number of hydrogen-bond acceptors (Lipinski definition) is 6. The van der Waals surface area contributed by atoms with Crippen molar-refractivity contribution in [2.45, 2.75) is 69.9 Å². The topological polar surface area (TPSA) is 107 Å². The maximum atomic E-state index is 15.3. The predicted molar refractivity (Wildman–Crippen MR) is 162 cm³/mol. The Morgan fingerprint density at radius 1 is 1.02 bits per heavy atom. The lowest BCUT2D eigenvalue weighted by Gasteiger charge is -2.37. The molecule has 1 N–H and O–H groups in total. The van der Waals surface area contributed by atoms with Crippen molar-refractivity contribution in [3.8, 4) is 11.5 Å². The monoisotopic (exact) mass is 671 g/mol. The Labute approximate surface area is 259 Å². The van der Waals surface area contributed by atoms with Gasteiger partial charge in [-0.2, -0.15) is 21.9 Å². The zero-order valence-electron chi connectivity index (χ0n) is 25.9. The van der Waals surface area contributed by atoms with E-state index in [0.29, 0.717) is 6.07 Å². The van der Waals surface area contributed by atoms with Gasteiger partial charge in [0, 0.05) is 16.8 Å². The Bertz CT molecular complexity index is 1750. The predicted octanol–water partition coefficient (Wildman–Crippen LogP) is 8.13. The highest BCUT2D eigenvalue weighted by Gasteiger charge is 2.40. The number of rotatable bonds is 8. The molecule has 2 amide bonds. The lowest BCUT2D eigenvalue weighted by atomic mass is 10.1. The van der Waals surface area contributed by atoms with Crippen molar-refractivity contribution in [1.29, 1.82) is 0 Å². The van der Waals surface area contributed by atoms with E-state index in [2.05, 4.69) is 14.7 Å². The Balaban J connectivity index is 1.97. The highest BCUT2D eigenvalue weighted by molar-refractivity contribution is 7.93. The van der Waals surface area contributed by atoms with Crippen molar-refractivity contribution >= 4 is 35.5 Å². The summed E-state index contributed by atoms with van der Waals surface area (Å²) in [6.45, 7) is 12.8. The van der Waals surface area contributed by atoms with Crippen LogP contribution >= 0.6 is 0 Å². The Morgan fingerprint density at radius 3 is 2.22 bits per heavy atom. The van der Waals surface area contributed by atoms with Crippen molar-refractivity contribution in [2.24, 2.45) is 4.36 Å². The first-order valence-corrected chi connectivity index (χ1v) is 18.4. The van der Waals surface area contributed by atoms with Gasteiger partial charge in [0.2, 0.25) is 5.95 Å². The molecule has 0 fully saturated rings. The molecule has 0 bridgehead atoms. The van der Waals surface area contributed by atoms with Crippen molar-refractivity contribution in [2.75, 3.05) is 11.6 Å². The molecule has 0 aliphatic rings. The molecule has 0 spiro atoms. The first kappa shape index (κ1) is 35.8. The maximum absolute atomic E-state index is 15.3. The van der Waals surface area contributed by atoms with Crippen LogP contribution in [0.25, 0.3) is 0 Å². The van der Waals surface area contributed by atoms with E-state index < -0.39 is 70.8 Å². The van der Waals surface area contributed by atoms with Crippen LogP contribution in [0.1, 0.15) is 49.3 Å². The third kappa shape index (κ3) is 8.52. The van der Waals surface area contributed by atoms with Gasteiger partial charge >= 0.3 is 6.18 Å². The fourth-order valence-electron chi connectivity index (χ4n) is 3.79. The number of pyridine rings is 1. The number of hydrogen-bond donors (Lipinski definition) is 1. The molecular weight excluding hydrogens is 637 g/mol. The van der Waals surface area contributed by atoms with Gasteiger partial charge in [-0.25, -0.2) is 13.6 Å². The van der Waals surface area contributed by atoms with Gasteiger partial charge in [-0.3, -0.25) is 9.59 Å². The van der Waals surface area contributed by atoms with Gasteiger partial charge in [0.1, 0.15) is 23.2 Å². The minimum absolute atomic E-state index is 0.00518. The molecule has 2 aromatic carbocycles. The van der Waals surface area contributed by atoms with E-state index in [0.717, 1.165) is 18.2 Å². The average Bonchev–Trinajstić information content (AvgIpc) is 2.88. The van der Waals surface area contributed by atoms with Gasteiger partial charge in [-0.1, -0.05) is 26.8 Å². The molecule has 0 saturated carbocycles. The van der Waals surface area contributed by atoms with Crippen LogP contribution in [-0.2, 0) is 25.1 Å². The number of nitrogens with one attached hydrogen (secondary N) is 1. The quantitative estimate of drug-likeness (QED) is 0.147. The Morgan fingerprint density at radius 2 is 1.64 bits per heavy atom. The molecule has 0 aliphatic heterocycles. The standard InChI is InChI=1S/C30H34F5N3O5SSi/c1-17-22(14-15-24(31)36-17)42-23-13-12-21(30(33,34)35)26(32)25(23)28(40)37-19-10-9-11-20(16-19)44(6,41)38-27(39)18(2)43-45(7,8)29(3,4)5/h9-16,18H,1-8H3,(H,37,40)/t18-,44-/m1/s1. The second-order valence-corrected chi connectivity index (χ2v) is 18.9. The van der Waals surface area contributed by atoms with E-state index in [9.17, 15) is 31.4 Å². The van der Waals surface area contributed by atoms with Gasteiger partial charge < -0.3 is 14.5 Å². The zero-order valence-corrected chi connectivity index (χ0v) is 27.7. The molecular formula is C30H34F5N3O5SSi. The normalized spacial score (nSPS) is 14.3. The van der Waals surface area contributed by atoms with Crippen LogP contribution in [0.5, 0.6) is 11.5 Å². The number of ether oxygens (including phenoxy) is 1. The number of carbonyl (C=O) groups is 2. The molecule has 8 nitrogen and oxygen atoms in total. The molecule has 3 rings (SSSR count). The van der Waals surface area contributed by atoms with E-state index in [-0.39, 0.29) is 27.1 Å². The van der Waals surface area contributed by atoms with Crippen molar-refractivity contribution in [1.82, 2.24) is 4.98 Å². The lowest BCUT2D eigenvalue weighted by molar-refractivity contribution is -0.140. The first-order valence-electron chi connectivity index (χ1n) is 13.6. The van der Waals surface area contributed by atoms with Gasteiger partial charge in [0.25, 0.3) is 11.8 Å². The number of anilines is 1. The molecule has 15 heteroatoms. The number of amides is 2. The number of aromatic nitrogens is 1. The van der Waals surface area contributed by atoms with E-state index in [1.165, 1.54) is 44.4 Å². The van der Waals surface area contributed by atoms with Crippen LogP contribution < -0.4 is 10.1 Å². The molecule has 0 saturated heterocycles. The molecule has 3 aromatic rings. The average molecular weight is 672 g/mol. The van der Waals surface area contributed by atoms with E-state index in [1.807, 2.05) is 33.9 Å². The van der Waals surface area contributed by atoms with Gasteiger partial charge in [0.15, 0.2) is 14.1 Å².